The molecule has 0 spiro atoms. The van der Waals surface area contributed by atoms with Gasteiger partial charge in [0, 0.05) is 17.8 Å². The molecule has 2 heteroatoms. The molecule has 1 unspecified atom stereocenters. The fraction of sp³-hybridized carbons (Fsp3) is 0.120. The second-order valence-corrected chi connectivity index (χ2v) is 6.72. The van der Waals surface area contributed by atoms with Crippen molar-refractivity contribution in [3.8, 4) is 11.1 Å². The van der Waals surface area contributed by atoms with E-state index in [4.69, 9.17) is 9.98 Å². The first-order valence-corrected chi connectivity index (χ1v) is 9.31. The highest BCUT2D eigenvalue weighted by molar-refractivity contribution is 6.01. The van der Waals surface area contributed by atoms with Gasteiger partial charge in [0.2, 0.25) is 0 Å². The number of allylic oxidation sites excluding steroid dienone is 5. The van der Waals surface area contributed by atoms with Crippen LogP contribution in [0.15, 0.2) is 96.7 Å². The summed E-state index contributed by atoms with van der Waals surface area (Å²) in [5, 5.41) is 1.13. The third-order valence-electron chi connectivity index (χ3n) is 4.92. The van der Waals surface area contributed by atoms with E-state index in [0.717, 1.165) is 29.4 Å². The molecule has 0 saturated heterocycles. The Kier molecular flexibility index (Phi) is 5.06. The van der Waals surface area contributed by atoms with Gasteiger partial charge in [0.1, 0.15) is 0 Å². The molecule has 1 aliphatic carbocycles. The van der Waals surface area contributed by atoms with Crippen molar-refractivity contribution in [3.05, 3.63) is 97.3 Å². The lowest BCUT2D eigenvalue weighted by atomic mass is 9.91. The summed E-state index contributed by atoms with van der Waals surface area (Å²) < 4.78 is 0. The molecule has 0 saturated carbocycles. The molecule has 0 amide bonds. The molecule has 4 rings (SSSR count). The number of benzene rings is 2. The lowest BCUT2D eigenvalue weighted by molar-refractivity contribution is 0.654. The van der Waals surface area contributed by atoms with Gasteiger partial charge < -0.3 is 0 Å². The lowest BCUT2D eigenvalue weighted by Gasteiger charge is -2.16. The predicted molar refractivity (Wildman–Crippen MR) is 116 cm³/mol. The number of rotatable bonds is 5. The SMILES string of the molecule is C=CC=Nc1c(CC2C=CC=CC2)ccc2c(-c3ccccc3)ccnc12. The molecule has 132 valence electrons. The topological polar surface area (TPSA) is 25.2 Å². The fourth-order valence-electron chi connectivity index (χ4n) is 3.62. The molecule has 0 radical (unpaired) electrons. The highest BCUT2D eigenvalue weighted by atomic mass is 14.8. The quantitative estimate of drug-likeness (QED) is 0.484. The summed E-state index contributed by atoms with van der Waals surface area (Å²) >= 11 is 0. The van der Waals surface area contributed by atoms with Crippen LogP contribution in [-0.2, 0) is 6.42 Å². The first-order valence-electron chi connectivity index (χ1n) is 9.31. The van der Waals surface area contributed by atoms with E-state index in [1.54, 1.807) is 12.3 Å². The van der Waals surface area contributed by atoms with E-state index in [2.05, 4.69) is 73.3 Å². The summed E-state index contributed by atoms with van der Waals surface area (Å²) in [6, 6.07) is 16.9. The number of hydrogen-bond acceptors (Lipinski definition) is 2. The van der Waals surface area contributed by atoms with Crippen molar-refractivity contribution in [2.24, 2.45) is 10.9 Å². The van der Waals surface area contributed by atoms with Gasteiger partial charge in [-0.15, -0.1) is 0 Å². The molecular weight excluding hydrogens is 328 g/mol. The van der Waals surface area contributed by atoms with Crippen LogP contribution in [0.3, 0.4) is 0 Å². The van der Waals surface area contributed by atoms with Crippen LogP contribution in [0.5, 0.6) is 0 Å². The maximum atomic E-state index is 4.71. The number of aromatic nitrogens is 1. The Morgan fingerprint density at radius 3 is 2.74 bits per heavy atom. The second-order valence-electron chi connectivity index (χ2n) is 6.72. The van der Waals surface area contributed by atoms with Gasteiger partial charge in [-0.3, -0.25) is 9.98 Å². The van der Waals surface area contributed by atoms with E-state index in [1.165, 1.54) is 16.7 Å². The molecular formula is C25H22N2. The van der Waals surface area contributed by atoms with Crippen molar-refractivity contribution in [1.29, 1.82) is 0 Å². The molecule has 2 nitrogen and oxygen atoms in total. The van der Waals surface area contributed by atoms with Gasteiger partial charge in [-0.25, -0.2) is 0 Å². The summed E-state index contributed by atoms with van der Waals surface area (Å²) in [7, 11) is 0. The van der Waals surface area contributed by atoms with Gasteiger partial charge in [-0.1, -0.05) is 79.4 Å². The zero-order chi connectivity index (χ0) is 18.5. The summed E-state index contributed by atoms with van der Waals surface area (Å²) in [5.41, 5.74) is 5.50. The Morgan fingerprint density at radius 2 is 1.96 bits per heavy atom. The minimum atomic E-state index is 0.502. The van der Waals surface area contributed by atoms with Crippen molar-refractivity contribution >= 4 is 22.8 Å². The van der Waals surface area contributed by atoms with Crippen molar-refractivity contribution in [3.63, 3.8) is 0 Å². The maximum absolute atomic E-state index is 4.71. The van der Waals surface area contributed by atoms with Gasteiger partial charge in [0.25, 0.3) is 0 Å². The molecule has 1 aromatic heterocycles. The van der Waals surface area contributed by atoms with Crippen LogP contribution in [-0.4, -0.2) is 11.2 Å². The van der Waals surface area contributed by atoms with Crippen LogP contribution in [0.1, 0.15) is 12.0 Å². The summed E-state index contributed by atoms with van der Waals surface area (Å²) in [6.07, 6.45) is 16.1. The zero-order valence-corrected chi connectivity index (χ0v) is 15.3. The first kappa shape index (κ1) is 17.2. The molecule has 0 N–H and O–H groups in total. The molecule has 1 atom stereocenters. The molecule has 1 aliphatic rings. The highest BCUT2D eigenvalue weighted by Gasteiger charge is 2.15. The van der Waals surface area contributed by atoms with Crippen molar-refractivity contribution in [2.45, 2.75) is 12.8 Å². The molecule has 3 aromatic rings. The molecule has 1 heterocycles. The van der Waals surface area contributed by atoms with E-state index < -0.39 is 0 Å². The van der Waals surface area contributed by atoms with Gasteiger partial charge in [0.05, 0.1) is 11.2 Å². The number of nitrogens with zero attached hydrogens (tertiary/aromatic N) is 2. The third kappa shape index (κ3) is 3.65. The summed E-state index contributed by atoms with van der Waals surface area (Å²) in [6.45, 7) is 3.78. The standard InChI is InChI=1S/C25H22N2/c1-2-16-26-24-21(18-19-9-5-3-6-10-19)13-14-23-22(15-17-27-25(23)24)20-11-7-4-8-12-20/h2-9,11-17,19H,1,10,18H2. The van der Waals surface area contributed by atoms with E-state index in [0.29, 0.717) is 5.92 Å². The van der Waals surface area contributed by atoms with Crippen molar-refractivity contribution in [1.82, 2.24) is 4.98 Å². The Hall–Kier alpha value is -3.26. The van der Waals surface area contributed by atoms with Gasteiger partial charge in [-0.2, -0.15) is 0 Å². The van der Waals surface area contributed by atoms with Crippen LogP contribution in [0.25, 0.3) is 22.0 Å². The Bertz CT molecular complexity index is 1040. The fourth-order valence-corrected chi connectivity index (χ4v) is 3.62. The molecule has 0 bridgehead atoms. The Balaban J connectivity index is 1.85. The average molecular weight is 350 g/mol. The Morgan fingerprint density at radius 1 is 1.07 bits per heavy atom. The van der Waals surface area contributed by atoms with E-state index in [-0.39, 0.29) is 0 Å². The zero-order valence-electron chi connectivity index (χ0n) is 15.3. The average Bonchev–Trinajstić information content (AvgIpc) is 2.74. The number of pyridine rings is 1. The molecule has 0 fully saturated rings. The maximum Gasteiger partial charge on any atom is 0.0967 e. The number of aliphatic imine (C=N–C) groups is 1. The Labute approximate surface area is 160 Å². The molecule has 27 heavy (non-hydrogen) atoms. The van der Waals surface area contributed by atoms with Crippen LogP contribution < -0.4 is 0 Å². The smallest absolute Gasteiger partial charge is 0.0967 e. The normalized spacial score (nSPS) is 16.2. The second kappa shape index (κ2) is 7.96. The van der Waals surface area contributed by atoms with Crippen LogP contribution >= 0.6 is 0 Å². The van der Waals surface area contributed by atoms with Gasteiger partial charge in [0.15, 0.2) is 0 Å². The van der Waals surface area contributed by atoms with Crippen LogP contribution in [0.4, 0.5) is 5.69 Å². The first-order chi connectivity index (χ1) is 13.4. The predicted octanol–water partition coefficient (Wildman–Crippen LogP) is 6.46. The number of fused-ring (bicyclic) bond motifs is 1. The monoisotopic (exact) mass is 350 g/mol. The lowest BCUT2D eigenvalue weighted by Crippen LogP contribution is -2.03. The summed E-state index contributed by atoms with van der Waals surface area (Å²) in [4.78, 5) is 9.40. The van der Waals surface area contributed by atoms with E-state index in [1.807, 2.05) is 12.3 Å². The van der Waals surface area contributed by atoms with Crippen LogP contribution in [0.2, 0.25) is 0 Å². The third-order valence-corrected chi connectivity index (χ3v) is 4.92. The largest absolute Gasteiger partial charge is 0.254 e. The van der Waals surface area contributed by atoms with Gasteiger partial charge in [-0.05, 0) is 41.5 Å². The van der Waals surface area contributed by atoms with Crippen molar-refractivity contribution in [2.75, 3.05) is 0 Å². The van der Waals surface area contributed by atoms with Crippen molar-refractivity contribution < 1.29 is 0 Å². The minimum Gasteiger partial charge on any atom is -0.254 e. The van der Waals surface area contributed by atoms with E-state index in [9.17, 15) is 0 Å². The number of hydrogen-bond donors (Lipinski definition) is 0. The molecule has 2 aromatic carbocycles. The summed E-state index contributed by atoms with van der Waals surface area (Å²) in [5.74, 6) is 0.502. The highest BCUT2D eigenvalue weighted by Crippen LogP contribution is 2.36. The minimum absolute atomic E-state index is 0.502. The van der Waals surface area contributed by atoms with Gasteiger partial charge >= 0.3 is 0 Å². The van der Waals surface area contributed by atoms with E-state index >= 15 is 0 Å². The molecule has 0 aliphatic heterocycles. The van der Waals surface area contributed by atoms with Crippen LogP contribution in [0, 0.1) is 5.92 Å².